The second-order valence-corrected chi connectivity index (χ2v) is 3.13. The summed E-state index contributed by atoms with van der Waals surface area (Å²) in [6, 6.07) is 9.77. The lowest BCUT2D eigenvalue weighted by Crippen LogP contribution is -1.91. The average molecular weight is 199 g/mol. The minimum Gasteiger partial charge on any atom is -0.411 e. The van der Waals surface area contributed by atoms with Gasteiger partial charge in [-0.2, -0.15) is 5.26 Å². The van der Waals surface area contributed by atoms with Crippen molar-refractivity contribution in [1.29, 1.82) is 5.26 Å². The van der Waals surface area contributed by atoms with Crippen LogP contribution < -0.4 is 0 Å². The topological polar surface area (TPSA) is 61.3 Å². The van der Waals surface area contributed by atoms with Gasteiger partial charge in [0, 0.05) is 22.7 Å². The summed E-state index contributed by atoms with van der Waals surface area (Å²) in [5.74, 6) is 0. The quantitative estimate of drug-likeness (QED) is 0.456. The number of hydrogen-bond acceptors (Lipinski definition) is 3. The Morgan fingerprint density at radius 3 is 3.00 bits per heavy atom. The van der Waals surface area contributed by atoms with E-state index in [-0.39, 0.29) is 0 Å². The molecule has 0 fully saturated rings. The lowest BCUT2D eigenvalue weighted by atomic mass is 10.2. The van der Waals surface area contributed by atoms with Crippen LogP contribution in [-0.4, -0.2) is 16.0 Å². The van der Waals surface area contributed by atoms with E-state index in [1.165, 1.54) is 6.21 Å². The Balaban J connectivity index is 2.68. The first-order chi connectivity index (χ1) is 7.36. The van der Waals surface area contributed by atoms with Gasteiger partial charge in [0.05, 0.1) is 12.3 Å². The maximum atomic E-state index is 8.66. The fourth-order valence-electron chi connectivity index (χ4n) is 1.65. The molecule has 0 aliphatic rings. The molecule has 1 aromatic carbocycles. The van der Waals surface area contributed by atoms with Crippen molar-refractivity contribution in [3.05, 3.63) is 36.0 Å². The van der Waals surface area contributed by atoms with Gasteiger partial charge in [0.15, 0.2) is 0 Å². The number of oxime groups is 1. The van der Waals surface area contributed by atoms with Crippen LogP contribution in [0.3, 0.4) is 0 Å². The molecule has 0 spiro atoms. The first-order valence-electron chi connectivity index (χ1n) is 4.49. The average Bonchev–Trinajstić information content (AvgIpc) is 2.59. The van der Waals surface area contributed by atoms with Gasteiger partial charge in [0.25, 0.3) is 0 Å². The van der Waals surface area contributed by atoms with Crippen LogP contribution in [0.2, 0.25) is 0 Å². The molecule has 15 heavy (non-hydrogen) atoms. The van der Waals surface area contributed by atoms with Crippen molar-refractivity contribution in [2.45, 2.75) is 6.54 Å². The molecule has 74 valence electrons. The molecule has 1 N–H and O–H groups in total. The summed E-state index contributed by atoms with van der Waals surface area (Å²) in [7, 11) is 0. The summed E-state index contributed by atoms with van der Waals surface area (Å²) in [6.07, 6.45) is 3.17. The maximum Gasteiger partial charge on any atom is 0.110 e. The molecule has 0 aliphatic heterocycles. The second-order valence-electron chi connectivity index (χ2n) is 3.13. The van der Waals surface area contributed by atoms with Crippen molar-refractivity contribution >= 4 is 17.1 Å². The molecule has 1 aromatic heterocycles. The van der Waals surface area contributed by atoms with Gasteiger partial charge in [-0.1, -0.05) is 23.4 Å². The van der Waals surface area contributed by atoms with Crippen molar-refractivity contribution in [2.24, 2.45) is 5.16 Å². The van der Waals surface area contributed by atoms with Crippen LogP contribution in [0, 0.1) is 11.3 Å². The minimum absolute atomic E-state index is 0.291. The molecule has 1 heterocycles. The zero-order valence-corrected chi connectivity index (χ0v) is 7.96. The molecule has 0 amide bonds. The van der Waals surface area contributed by atoms with Crippen LogP contribution in [0.25, 0.3) is 10.9 Å². The monoisotopic (exact) mass is 199 g/mol. The van der Waals surface area contributed by atoms with Gasteiger partial charge in [-0.3, -0.25) is 0 Å². The van der Waals surface area contributed by atoms with Gasteiger partial charge >= 0.3 is 0 Å². The Kier molecular flexibility index (Phi) is 2.38. The molecular weight excluding hydrogens is 190 g/mol. The molecule has 0 unspecified atom stereocenters. The summed E-state index contributed by atoms with van der Waals surface area (Å²) in [5, 5.41) is 21.2. The van der Waals surface area contributed by atoms with Crippen molar-refractivity contribution in [1.82, 2.24) is 4.57 Å². The van der Waals surface area contributed by atoms with E-state index in [4.69, 9.17) is 10.5 Å². The first-order valence-corrected chi connectivity index (χ1v) is 4.49. The predicted octanol–water partition coefficient (Wildman–Crippen LogP) is 1.97. The molecular formula is C11H9N3O. The molecule has 4 nitrogen and oxygen atoms in total. The number of nitrogens with zero attached hydrogens (tertiary/aromatic N) is 3. The van der Waals surface area contributed by atoms with Crippen molar-refractivity contribution in [2.75, 3.05) is 0 Å². The molecule has 4 heteroatoms. The summed E-state index contributed by atoms with van der Waals surface area (Å²) >= 11 is 0. The Morgan fingerprint density at radius 1 is 1.47 bits per heavy atom. The third kappa shape index (κ3) is 1.55. The predicted molar refractivity (Wildman–Crippen MR) is 56.9 cm³/mol. The van der Waals surface area contributed by atoms with Crippen molar-refractivity contribution in [3.63, 3.8) is 0 Å². The van der Waals surface area contributed by atoms with E-state index in [0.717, 1.165) is 16.5 Å². The van der Waals surface area contributed by atoms with Gasteiger partial charge in [0.2, 0.25) is 0 Å². The third-order valence-electron chi connectivity index (χ3n) is 2.26. The van der Waals surface area contributed by atoms with Gasteiger partial charge in [-0.15, -0.1) is 0 Å². The van der Waals surface area contributed by atoms with E-state index >= 15 is 0 Å². The molecule has 0 aliphatic carbocycles. The van der Waals surface area contributed by atoms with Crippen LogP contribution in [-0.2, 0) is 6.54 Å². The number of para-hydroxylation sites is 1. The van der Waals surface area contributed by atoms with Crippen molar-refractivity contribution < 1.29 is 5.21 Å². The largest absolute Gasteiger partial charge is 0.411 e. The normalized spacial score (nSPS) is 10.9. The van der Waals surface area contributed by atoms with Crippen LogP contribution in [0.5, 0.6) is 0 Å². The lowest BCUT2D eigenvalue weighted by Gasteiger charge is -1.96. The Labute approximate surface area is 86.7 Å². The van der Waals surface area contributed by atoms with Gasteiger partial charge < -0.3 is 9.77 Å². The van der Waals surface area contributed by atoms with E-state index in [1.807, 2.05) is 28.8 Å². The molecule has 2 aromatic rings. The molecule has 2 rings (SSSR count). The number of fused-ring (bicyclic) bond motifs is 1. The summed E-state index contributed by atoms with van der Waals surface area (Å²) < 4.78 is 1.83. The Bertz CT molecular complexity index is 548. The van der Waals surface area contributed by atoms with Crippen LogP contribution in [0.15, 0.2) is 35.6 Å². The highest BCUT2D eigenvalue weighted by atomic mass is 16.4. The van der Waals surface area contributed by atoms with Crippen LogP contribution in [0.1, 0.15) is 5.56 Å². The number of aromatic nitrogens is 1. The summed E-state index contributed by atoms with van der Waals surface area (Å²) in [4.78, 5) is 0. The van der Waals surface area contributed by atoms with E-state index < -0.39 is 0 Å². The van der Waals surface area contributed by atoms with E-state index in [0.29, 0.717) is 6.54 Å². The molecule has 0 bridgehead atoms. The first kappa shape index (κ1) is 9.28. The minimum atomic E-state index is 0.291. The smallest absolute Gasteiger partial charge is 0.110 e. The third-order valence-corrected chi connectivity index (χ3v) is 2.26. The Hall–Kier alpha value is -2.28. The standard InChI is InChI=1S/C11H9N3O/c12-5-6-14-8-9(7-13-15)10-3-1-2-4-11(10)14/h1-4,7-8,15H,6H2. The summed E-state index contributed by atoms with van der Waals surface area (Å²) in [6.45, 7) is 0.291. The highest BCUT2D eigenvalue weighted by molar-refractivity contribution is 5.99. The number of benzene rings is 1. The zero-order valence-electron chi connectivity index (χ0n) is 7.96. The fraction of sp³-hybridized carbons (Fsp3) is 0.0909. The molecule has 0 saturated heterocycles. The van der Waals surface area contributed by atoms with Gasteiger partial charge in [0.1, 0.15) is 6.54 Å². The second kappa shape index (κ2) is 3.84. The highest BCUT2D eigenvalue weighted by Gasteiger charge is 2.05. The lowest BCUT2D eigenvalue weighted by molar-refractivity contribution is 0.322. The molecule has 0 saturated carbocycles. The number of rotatable bonds is 2. The Morgan fingerprint density at radius 2 is 2.27 bits per heavy atom. The molecule has 0 radical (unpaired) electrons. The SMILES string of the molecule is N#CCn1cc(C=NO)c2ccccc21. The summed E-state index contributed by atoms with van der Waals surface area (Å²) in [5.41, 5.74) is 1.78. The fourth-order valence-corrected chi connectivity index (χ4v) is 1.65. The van der Waals surface area contributed by atoms with E-state index in [1.54, 1.807) is 6.20 Å². The van der Waals surface area contributed by atoms with Gasteiger partial charge in [-0.25, -0.2) is 0 Å². The number of nitriles is 1. The molecule has 0 atom stereocenters. The maximum absolute atomic E-state index is 8.66. The number of hydrogen-bond donors (Lipinski definition) is 1. The van der Waals surface area contributed by atoms with E-state index in [9.17, 15) is 0 Å². The van der Waals surface area contributed by atoms with Crippen LogP contribution in [0.4, 0.5) is 0 Å². The van der Waals surface area contributed by atoms with Crippen molar-refractivity contribution in [3.8, 4) is 6.07 Å². The zero-order chi connectivity index (χ0) is 10.7. The van der Waals surface area contributed by atoms with Crippen LogP contribution >= 0.6 is 0 Å². The van der Waals surface area contributed by atoms with Gasteiger partial charge in [-0.05, 0) is 6.07 Å². The van der Waals surface area contributed by atoms with E-state index in [2.05, 4.69) is 11.2 Å². The highest BCUT2D eigenvalue weighted by Crippen LogP contribution is 2.19.